The van der Waals surface area contributed by atoms with Crippen molar-refractivity contribution >= 4 is 0 Å². The number of hydrogen-bond donors (Lipinski definition) is 0. The van der Waals surface area contributed by atoms with Gasteiger partial charge in [0.15, 0.2) is 11.6 Å². The van der Waals surface area contributed by atoms with Crippen molar-refractivity contribution in [1.29, 1.82) is 0 Å². The van der Waals surface area contributed by atoms with Gasteiger partial charge in [-0.3, -0.25) is 0 Å². The molecule has 188 valence electrons. The molecule has 0 radical (unpaired) electrons. The van der Waals surface area contributed by atoms with Crippen LogP contribution in [0.1, 0.15) is 84.5 Å². The molecular weight excluding hydrogens is 424 g/mol. The van der Waals surface area contributed by atoms with E-state index in [0.29, 0.717) is 24.8 Å². The van der Waals surface area contributed by atoms with E-state index in [1.807, 2.05) is 24.3 Å². The lowest BCUT2D eigenvalue weighted by atomic mass is 10.1. The maximum absolute atomic E-state index is 5.83. The van der Waals surface area contributed by atoms with E-state index < -0.39 is 0 Å². The first-order chi connectivity index (χ1) is 16.8. The summed E-state index contributed by atoms with van der Waals surface area (Å²) in [5.41, 5.74) is 0.961. The number of unbranched alkanes of at least 4 members (excludes halogenated alkanes) is 8. The third-order valence-electron chi connectivity index (χ3n) is 5.57. The third-order valence-corrected chi connectivity index (χ3v) is 5.57. The van der Waals surface area contributed by atoms with Gasteiger partial charge < -0.3 is 14.2 Å². The van der Waals surface area contributed by atoms with Crippen LogP contribution >= 0.6 is 0 Å². The van der Waals surface area contributed by atoms with Crippen LogP contribution in [-0.2, 0) is 4.74 Å². The Labute approximate surface area is 207 Å². The van der Waals surface area contributed by atoms with E-state index >= 15 is 0 Å². The van der Waals surface area contributed by atoms with Gasteiger partial charge in [-0.1, -0.05) is 64.5 Å². The van der Waals surface area contributed by atoms with Gasteiger partial charge in [0.05, 0.1) is 19.0 Å². The van der Waals surface area contributed by atoms with Crippen LogP contribution in [0.3, 0.4) is 0 Å². The topological polar surface area (TPSA) is 53.5 Å². The van der Waals surface area contributed by atoms with Gasteiger partial charge in [0.25, 0.3) is 0 Å². The molecule has 0 N–H and O–H groups in total. The Balaban J connectivity index is 1.60. The highest BCUT2D eigenvalue weighted by Crippen LogP contribution is 2.20. The lowest BCUT2D eigenvalue weighted by molar-refractivity contribution is 0.123. The predicted octanol–water partition coefficient (Wildman–Crippen LogP) is 7.80. The quantitative estimate of drug-likeness (QED) is 0.146. The van der Waals surface area contributed by atoms with Crippen LogP contribution in [-0.4, -0.2) is 36.4 Å². The maximum Gasteiger partial charge on any atom is 0.159 e. The number of rotatable bonds is 20. The fourth-order valence-corrected chi connectivity index (χ4v) is 3.49. The Morgan fingerprint density at radius 2 is 1.29 bits per heavy atom. The van der Waals surface area contributed by atoms with Gasteiger partial charge in [0, 0.05) is 18.8 Å². The molecule has 34 heavy (non-hydrogen) atoms. The molecule has 2 rings (SSSR count). The molecule has 0 saturated heterocycles. The van der Waals surface area contributed by atoms with E-state index in [-0.39, 0.29) is 0 Å². The number of hydrogen-bond acceptors (Lipinski definition) is 5. The number of aromatic nitrogens is 2. The zero-order chi connectivity index (χ0) is 24.1. The van der Waals surface area contributed by atoms with E-state index in [9.17, 15) is 0 Å². The monoisotopic (exact) mass is 468 g/mol. The minimum absolute atomic E-state index is 0.550. The van der Waals surface area contributed by atoms with Gasteiger partial charge in [-0.05, 0) is 56.4 Å². The van der Waals surface area contributed by atoms with Crippen molar-refractivity contribution in [3.63, 3.8) is 0 Å². The molecule has 1 aromatic heterocycles. The minimum atomic E-state index is 0.550. The first-order valence-electron chi connectivity index (χ1n) is 13.2. The van der Waals surface area contributed by atoms with Gasteiger partial charge in [0.2, 0.25) is 0 Å². The van der Waals surface area contributed by atoms with Gasteiger partial charge in [-0.25, -0.2) is 9.97 Å². The van der Waals surface area contributed by atoms with Crippen LogP contribution in [0.25, 0.3) is 11.4 Å². The number of benzene rings is 1. The summed E-state index contributed by atoms with van der Waals surface area (Å²) < 4.78 is 17.2. The van der Waals surface area contributed by atoms with Crippen LogP contribution < -0.4 is 9.47 Å². The van der Waals surface area contributed by atoms with E-state index in [4.69, 9.17) is 14.2 Å². The Morgan fingerprint density at radius 1 is 0.647 bits per heavy atom. The van der Waals surface area contributed by atoms with E-state index in [0.717, 1.165) is 50.2 Å². The summed E-state index contributed by atoms with van der Waals surface area (Å²) in [6.07, 6.45) is 21.1. The van der Waals surface area contributed by atoms with Crippen LogP contribution in [0.2, 0.25) is 0 Å². The van der Waals surface area contributed by atoms with Crippen LogP contribution in [0.5, 0.6) is 11.5 Å². The molecule has 0 aliphatic heterocycles. The highest BCUT2D eigenvalue weighted by atomic mass is 16.5. The molecule has 1 aromatic carbocycles. The summed E-state index contributed by atoms with van der Waals surface area (Å²) in [5.74, 6) is 2.23. The number of allylic oxidation sites excluding steroid dienone is 1. The molecule has 5 heteroatoms. The molecule has 2 aromatic rings. The molecule has 0 unspecified atom stereocenters. The second-order valence-electron chi connectivity index (χ2n) is 8.63. The summed E-state index contributed by atoms with van der Waals surface area (Å²) >= 11 is 0. The van der Waals surface area contributed by atoms with Gasteiger partial charge in [-0.2, -0.15) is 0 Å². The fourth-order valence-electron chi connectivity index (χ4n) is 3.49. The lowest BCUT2D eigenvalue weighted by Gasteiger charge is -2.08. The SMILES string of the molecule is CCCCCCC/C=C/COc1cnc(-c2ccc(OCCCCOCCCCC)cc2)nc1. The summed E-state index contributed by atoms with van der Waals surface area (Å²) in [4.78, 5) is 8.89. The van der Waals surface area contributed by atoms with Gasteiger partial charge >= 0.3 is 0 Å². The zero-order valence-electron chi connectivity index (χ0n) is 21.3. The number of nitrogens with zero attached hydrogens (tertiary/aromatic N) is 2. The molecule has 5 nitrogen and oxygen atoms in total. The van der Waals surface area contributed by atoms with E-state index in [1.165, 1.54) is 44.9 Å². The van der Waals surface area contributed by atoms with Gasteiger partial charge in [-0.15, -0.1) is 0 Å². The second kappa shape index (κ2) is 19.0. The molecular formula is C29H44N2O3. The first kappa shape index (κ1) is 27.8. The van der Waals surface area contributed by atoms with Crippen molar-refractivity contribution in [2.75, 3.05) is 26.4 Å². The molecule has 0 bridgehead atoms. The average molecular weight is 469 g/mol. The van der Waals surface area contributed by atoms with Crippen molar-refractivity contribution in [2.45, 2.75) is 84.5 Å². The Kier molecular flexibility index (Phi) is 15.5. The minimum Gasteiger partial charge on any atom is -0.494 e. The Bertz CT molecular complexity index is 760. The molecule has 0 fully saturated rings. The predicted molar refractivity (Wildman–Crippen MR) is 141 cm³/mol. The Morgan fingerprint density at radius 3 is 2.03 bits per heavy atom. The summed E-state index contributed by atoms with van der Waals surface area (Å²) in [6.45, 7) is 7.40. The van der Waals surface area contributed by atoms with Crippen LogP contribution in [0, 0.1) is 0 Å². The molecule has 0 atom stereocenters. The third kappa shape index (κ3) is 12.7. The molecule has 0 aliphatic rings. The van der Waals surface area contributed by atoms with Crippen molar-refractivity contribution in [3.8, 4) is 22.9 Å². The molecule has 0 aliphatic carbocycles. The van der Waals surface area contributed by atoms with Crippen molar-refractivity contribution in [2.24, 2.45) is 0 Å². The van der Waals surface area contributed by atoms with Crippen molar-refractivity contribution < 1.29 is 14.2 Å². The highest BCUT2D eigenvalue weighted by Gasteiger charge is 2.03. The largest absolute Gasteiger partial charge is 0.494 e. The molecule has 0 saturated carbocycles. The maximum atomic E-state index is 5.83. The van der Waals surface area contributed by atoms with Crippen molar-refractivity contribution in [3.05, 3.63) is 48.8 Å². The lowest BCUT2D eigenvalue weighted by Crippen LogP contribution is -2.02. The molecule has 0 amide bonds. The molecule has 0 spiro atoms. The fraction of sp³-hybridized carbons (Fsp3) is 0.586. The first-order valence-corrected chi connectivity index (χ1v) is 13.2. The highest BCUT2D eigenvalue weighted by molar-refractivity contribution is 5.56. The zero-order valence-corrected chi connectivity index (χ0v) is 21.3. The molecule has 1 heterocycles. The van der Waals surface area contributed by atoms with E-state index in [2.05, 4.69) is 36.0 Å². The van der Waals surface area contributed by atoms with E-state index in [1.54, 1.807) is 12.4 Å². The van der Waals surface area contributed by atoms with Crippen molar-refractivity contribution in [1.82, 2.24) is 9.97 Å². The Hall–Kier alpha value is -2.40. The smallest absolute Gasteiger partial charge is 0.159 e. The summed E-state index contributed by atoms with van der Waals surface area (Å²) in [7, 11) is 0. The van der Waals surface area contributed by atoms with Crippen LogP contribution in [0.15, 0.2) is 48.8 Å². The standard InChI is InChI=1S/C29H44N2O3/c1-3-5-7-8-9-10-11-13-22-34-28-24-30-29(31-25-28)26-16-18-27(19-17-26)33-23-15-14-21-32-20-12-6-4-2/h11,13,16-19,24-25H,3-10,12,14-15,20-23H2,1-2H3/b13-11+. The summed E-state index contributed by atoms with van der Waals surface area (Å²) in [6, 6.07) is 7.92. The number of ether oxygens (including phenoxy) is 3. The van der Waals surface area contributed by atoms with Crippen LogP contribution in [0.4, 0.5) is 0 Å². The average Bonchev–Trinajstić information content (AvgIpc) is 2.87. The normalized spacial score (nSPS) is 11.2. The van der Waals surface area contributed by atoms with Gasteiger partial charge in [0.1, 0.15) is 12.4 Å². The summed E-state index contributed by atoms with van der Waals surface area (Å²) in [5, 5.41) is 0. The second-order valence-corrected chi connectivity index (χ2v) is 8.63.